The van der Waals surface area contributed by atoms with Crippen LogP contribution in [0.15, 0.2) is 48.5 Å². The van der Waals surface area contributed by atoms with E-state index >= 15 is 0 Å². The van der Waals surface area contributed by atoms with Crippen molar-refractivity contribution in [1.82, 2.24) is 14.9 Å². The van der Waals surface area contributed by atoms with Crippen molar-refractivity contribution in [1.29, 1.82) is 0 Å². The summed E-state index contributed by atoms with van der Waals surface area (Å²) in [4.78, 5) is 16.1. The van der Waals surface area contributed by atoms with E-state index in [1.807, 2.05) is 30.3 Å². The van der Waals surface area contributed by atoms with Crippen molar-refractivity contribution in [2.45, 2.75) is 32.1 Å². The number of nitrogens with one attached hydrogen (secondary N) is 1. The summed E-state index contributed by atoms with van der Waals surface area (Å²) in [6, 6.07) is 12.8. The van der Waals surface area contributed by atoms with Gasteiger partial charge in [-0.3, -0.25) is 4.79 Å². The number of nitrogens with two attached hydrogens (primary N) is 1. The van der Waals surface area contributed by atoms with E-state index in [1.165, 1.54) is 18.2 Å². The number of rotatable bonds is 5. The molecule has 5 nitrogen and oxygen atoms in total. The van der Waals surface area contributed by atoms with Crippen LogP contribution in [0.25, 0.3) is 11.0 Å². The summed E-state index contributed by atoms with van der Waals surface area (Å²) in [5, 5.41) is 2.72. The molecule has 0 aliphatic rings. The Kier molecular flexibility index (Phi) is 8.71. The summed E-state index contributed by atoms with van der Waals surface area (Å²) in [6.07, 6.45) is -4.58. The first-order valence-corrected chi connectivity index (χ1v) is 8.86. The quantitative estimate of drug-likeness (QED) is 0.565. The number of benzene rings is 2. The molecule has 1 atom stereocenters. The number of imidazole rings is 1. The van der Waals surface area contributed by atoms with Crippen molar-refractivity contribution in [3.8, 4) is 0 Å². The van der Waals surface area contributed by atoms with Crippen LogP contribution in [0.1, 0.15) is 47.7 Å². The van der Waals surface area contributed by atoms with Crippen LogP contribution in [0.2, 0.25) is 0 Å². The first-order chi connectivity index (χ1) is 13.2. The van der Waals surface area contributed by atoms with Crippen LogP contribution >= 0.6 is 24.8 Å². The number of nitrogens with zero attached hydrogens (tertiary/aromatic N) is 2. The molecule has 0 fully saturated rings. The molecule has 0 aliphatic carbocycles. The third-order valence-electron chi connectivity index (χ3n) is 4.43. The average molecular weight is 463 g/mol. The molecule has 0 aliphatic heterocycles. The highest BCUT2D eigenvalue weighted by Gasteiger charge is 2.38. The van der Waals surface area contributed by atoms with Gasteiger partial charge in [0.15, 0.2) is 0 Å². The van der Waals surface area contributed by atoms with Gasteiger partial charge in [-0.05, 0) is 37.6 Å². The van der Waals surface area contributed by atoms with Gasteiger partial charge in [-0.1, -0.05) is 30.3 Å². The van der Waals surface area contributed by atoms with E-state index < -0.39 is 23.9 Å². The molecule has 1 amide bonds. The van der Waals surface area contributed by atoms with E-state index in [-0.39, 0.29) is 48.5 Å². The number of halogens is 5. The van der Waals surface area contributed by atoms with Gasteiger partial charge >= 0.3 is 6.18 Å². The largest absolute Gasteiger partial charge is 0.449 e. The average Bonchev–Trinajstić information content (AvgIpc) is 3.06. The molecular weight excluding hydrogens is 440 g/mol. The molecule has 30 heavy (non-hydrogen) atoms. The minimum absolute atomic E-state index is 0. The van der Waals surface area contributed by atoms with Crippen molar-refractivity contribution in [3.05, 3.63) is 65.5 Å². The molecule has 10 heteroatoms. The monoisotopic (exact) mass is 462 g/mol. The van der Waals surface area contributed by atoms with Crippen LogP contribution < -0.4 is 11.1 Å². The van der Waals surface area contributed by atoms with Crippen molar-refractivity contribution < 1.29 is 18.0 Å². The van der Waals surface area contributed by atoms with E-state index in [0.717, 1.165) is 10.1 Å². The van der Waals surface area contributed by atoms with Gasteiger partial charge in [-0.2, -0.15) is 13.2 Å². The second kappa shape index (κ2) is 10.1. The lowest BCUT2D eigenvalue weighted by Gasteiger charge is -2.15. The smallest absolute Gasteiger partial charge is 0.350 e. The fourth-order valence-electron chi connectivity index (χ4n) is 3.09. The third kappa shape index (κ3) is 5.44. The summed E-state index contributed by atoms with van der Waals surface area (Å²) in [6.45, 7) is 3.51. The Bertz CT molecular complexity index is 991. The van der Waals surface area contributed by atoms with Gasteiger partial charge in [0.2, 0.25) is 5.82 Å². The van der Waals surface area contributed by atoms with E-state index in [0.29, 0.717) is 5.52 Å². The van der Waals surface area contributed by atoms with Gasteiger partial charge in [0.05, 0.1) is 11.0 Å². The highest BCUT2D eigenvalue weighted by Crippen LogP contribution is 2.33. The van der Waals surface area contributed by atoms with Crippen LogP contribution in [-0.4, -0.2) is 22.0 Å². The number of fused-ring (bicyclic) bond motifs is 1. The molecule has 3 N–H and O–H groups in total. The van der Waals surface area contributed by atoms with Gasteiger partial charge in [-0.25, -0.2) is 4.98 Å². The van der Waals surface area contributed by atoms with Gasteiger partial charge in [0.25, 0.3) is 5.91 Å². The maximum atomic E-state index is 13.3. The maximum absolute atomic E-state index is 13.3. The zero-order valence-electron chi connectivity index (χ0n) is 16.3. The molecular formula is C20H23Cl2F3N4O. The lowest BCUT2D eigenvalue weighted by atomic mass is 10.1. The van der Waals surface area contributed by atoms with Crippen LogP contribution in [-0.2, 0) is 6.18 Å². The summed E-state index contributed by atoms with van der Waals surface area (Å²) in [5.41, 5.74) is 7.63. The molecule has 164 valence electrons. The van der Waals surface area contributed by atoms with E-state index in [2.05, 4.69) is 10.3 Å². The Morgan fingerprint density at radius 1 is 1.13 bits per heavy atom. The van der Waals surface area contributed by atoms with Crippen LogP contribution in [0.5, 0.6) is 0 Å². The molecule has 3 aromatic rings. The molecule has 3 rings (SSSR count). The molecule has 0 saturated heterocycles. The van der Waals surface area contributed by atoms with Gasteiger partial charge in [-0.15, -0.1) is 24.8 Å². The van der Waals surface area contributed by atoms with Crippen molar-refractivity contribution in [3.63, 3.8) is 0 Å². The Morgan fingerprint density at radius 3 is 2.33 bits per heavy atom. The number of alkyl halides is 3. The zero-order chi connectivity index (χ0) is 20.5. The minimum Gasteiger partial charge on any atom is -0.350 e. The van der Waals surface area contributed by atoms with Crippen LogP contribution in [0.4, 0.5) is 13.2 Å². The number of hydrogen-bond acceptors (Lipinski definition) is 3. The Morgan fingerprint density at radius 2 is 1.77 bits per heavy atom. The first kappa shape index (κ1) is 25.7. The lowest BCUT2D eigenvalue weighted by Crippen LogP contribution is -2.31. The van der Waals surface area contributed by atoms with Crippen LogP contribution in [0.3, 0.4) is 0 Å². The van der Waals surface area contributed by atoms with Gasteiger partial charge in [0.1, 0.15) is 0 Å². The predicted molar refractivity (Wildman–Crippen MR) is 115 cm³/mol. The van der Waals surface area contributed by atoms with E-state index in [4.69, 9.17) is 5.73 Å². The van der Waals surface area contributed by atoms with Crippen molar-refractivity contribution in [2.24, 2.45) is 5.73 Å². The first-order valence-electron chi connectivity index (χ1n) is 8.86. The molecule has 0 bridgehead atoms. The molecule has 2 aromatic carbocycles. The minimum atomic E-state index is -4.58. The summed E-state index contributed by atoms with van der Waals surface area (Å²) in [5.74, 6) is -1.39. The van der Waals surface area contributed by atoms with E-state index in [9.17, 15) is 18.0 Å². The second-order valence-electron chi connectivity index (χ2n) is 6.83. The molecule has 0 saturated carbocycles. The van der Waals surface area contributed by atoms with Crippen molar-refractivity contribution in [2.75, 3.05) is 6.54 Å². The number of hydrogen-bond donors (Lipinski definition) is 2. The fourth-order valence-corrected chi connectivity index (χ4v) is 3.09. The predicted octanol–water partition coefficient (Wildman–Crippen LogP) is 4.91. The molecule has 1 aromatic heterocycles. The number of amides is 1. The zero-order valence-corrected chi connectivity index (χ0v) is 17.9. The lowest BCUT2D eigenvalue weighted by molar-refractivity contribution is -0.147. The Hall–Kier alpha value is -2.29. The highest BCUT2D eigenvalue weighted by atomic mass is 35.5. The third-order valence-corrected chi connectivity index (χ3v) is 4.43. The number of carbonyl (C=O) groups excluding carboxylic acids is 1. The normalized spacial score (nSPS) is 12.2. The molecule has 0 radical (unpaired) electrons. The maximum Gasteiger partial charge on any atom is 0.449 e. The summed E-state index contributed by atoms with van der Waals surface area (Å²) < 4.78 is 41.0. The van der Waals surface area contributed by atoms with Crippen molar-refractivity contribution >= 4 is 41.8 Å². The summed E-state index contributed by atoms with van der Waals surface area (Å²) >= 11 is 0. The standard InChI is InChI=1S/C20H21F3N4O.2ClH/c1-12(2)27-17-9-8-14(10-16(17)26-19(27)20(21,22)23)18(28)25-11-15(24)13-6-4-3-5-7-13;;/h3-10,12,15H,11,24H2,1-2H3,(H,25,28);2*1H. The molecule has 1 unspecified atom stereocenters. The van der Waals surface area contributed by atoms with E-state index in [1.54, 1.807) is 13.8 Å². The Labute approximate surface area is 184 Å². The molecule has 0 spiro atoms. The number of aromatic nitrogens is 2. The summed E-state index contributed by atoms with van der Waals surface area (Å²) in [7, 11) is 0. The highest BCUT2D eigenvalue weighted by molar-refractivity contribution is 5.97. The molecule has 1 heterocycles. The second-order valence-corrected chi connectivity index (χ2v) is 6.83. The van der Waals surface area contributed by atoms with Crippen LogP contribution in [0, 0.1) is 0 Å². The SMILES string of the molecule is CC(C)n1c(C(F)(F)F)nc2cc(C(=O)NCC(N)c3ccccc3)ccc21.Cl.Cl. The topological polar surface area (TPSA) is 72.9 Å². The number of carbonyl (C=O) groups is 1. The fraction of sp³-hybridized carbons (Fsp3) is 0.300. The van der Waals surface area contributed by atoms with Gasteiger partial charge in [0, 0.05) is 24.2 Å². The van der Waals surface area contributed by atoms with Gasteiger partial charge < -0.3 is 15.6 Å². The Balaban J connectivity index is 0.00000225.